The number of hydrogen-bond acceptors (Lipinski definition) is 3. The van der Waals surface area contributed by atoms with Gasteiger partial charge in [0.05, 0.1) is 28.5 Å². The number of rotatable bonds is 6. The van der Waals surface area contributed by atoms with E-state index in [2.05, 4.69) is 5.32 Å². The van der Waals surface area contributed by atoms with Crippen LogP contribution in [0.5, 0.6) is 0 Å². The number of nitrogens with zero attached hydrogens (tertiary/aromatic N) is 1. The summed E-state index contributed by atoms with van der Waals surface area (Å²) >= 11 is 18.2. The van der Waals surface area contributed by atoms with Gasteiger partial charge < -0.3 is 5.32 Å². The molecular formula is C22H19Cl3N2O3S. The van der Waals surface area contributed by atoms with E-state index in [0.29, 0.717) is 21.8 Å². The summed E-state index contributed by atoms with van der Waals surface area (Å²) in [6.07, 6.45) is 1.10. The normalized spacial score (nSPS) is 11.3. The van der Waals surface area contributed by atoms with E-state index in [0.717, 1.165) is 11.8 Å². The molecule has 162 valence electrons. The van der Waals surface area contributed by atoms with Crippen LogP contribution in [-0.4, -0.2) is 20.6 Å². The lowest BCUT2D eigenvalue weighted by Gasteiger charge is -2.24. The Morgan fingerprint density at radius 3 is 2.29 bits per heavy atom. The zero-order valence-electron chi connectivity index (χ0n) is 16.7. The van der Waals surface area contributed by atoms with E-state index in [1.807, 2.05) is 6.92 Å². The summed E-state index contributed by atoms with van der Waals surface area (Å²) in [5.74, 6) is -0.283. The number of benzene rings is 3. The second-order valence-corrected chi connectivity index (χ2v) is 10.1. The van der Waals surface area contributed by atoms with E-state index in [1.165, 1.54) is 4.31 Å². The molecule has 0 aliphatic rings. The third kappa shape index (κ3) is 5.71. The van der Waals surface area contributed by atoms with E-state index in [4.69, 9.17) is 34.8 Å². The SMILES string of the molecule is Cc1cc(Cl)ccc1NC(=O)c1ccc(CN(c2cccc(Cl)c2Cl)S(C)(=O)=O)cc1. The highest BCUT2D eigenvalue weighted by molar-refractivity contribution is 7.92. The van der Waals surface area contributed by atoms with Crippen LogP contribution in [0, 0.1) is 6.92 Å². The molecule has 5 nitrogen and oxygen atoms in total. The first kappa shape index (κ1) is 23.4. The number of sulfonamides is 1. The number of carbonyl (C=O) groups excluding carboxylic acids is 1. The van der Waals surface area contributed by atoms with Crippen molar-refractivity contribution in [3.8, 4) is 0 Å². The van der Waals surface area contributed by atoms with Crippen molar-refractivity contribution >= 4 is 62.1 Å². The Morgan fingerprint density at radius 2 is 1.68 bits per heavy atom. The van der Waals surface area contributed by atoms with Crippen molar-refractivity contribution in [3.05, 3.63) is 92.4 Å². The van der Waals surface area contributed by atoms with Crippen LogP contribution < -0.4 is 9.62 Å². The third-order valence-electron chi connectivity index (χ3n) is 4.58. The Balaban J connectivity index is 1.81. The van der Waals surface area contributed by atoms with Gasteiger partial charge in [-0.25, -0.2) is 8.42 Å². The summed E-state index contributed by atoms with van der Waals surface area (Å²) in [7, 11) is -3.63. The molecule has 0 bridgehead atoms. The van der Waals surface area contributed by atoms with Crippen LogP contribution in [-0.2, 0) is 16.6 Å². The molecule has 0 heterocycles. The molecule has 0 unspecified atom stereocenters. The van der Waals surface area contributed by atoms with Crippen LogP contribution in [0.4, 0.5) is 11.4 Å². The zero-order valence-corrected chi connectivity index (χ0v) is 19.8. The van der Waals surface area contributed by atoms with Crippen molar-refractivity contribution in [3.63, 3.8) is 0 Å². The van der Waals surface area contributed by atoms with Crippen molar-refractivity contribution in [1.82, 2.24) is 0 Å². The van der Waals surface area contributed by atoms with Crippen LogP contribution in [0.25, 0.3) is 0 Å². The van der Waals surface area contributed by atoms with E-state index in [9.17, 15) is 13.2 Å². The molecule has 0 atom stereocenters. The van der Waals surface area contributed by atoms with E-state index in [-0.39, 0.29) is 28.2 Å². The number of anilines is 2. The highest BCUT2D eigenvalue weighted by atomic mass is 35.5. The fourth-order valence-electron chi connectivity index (χ4n) is 2.96. The predicted molar refractivity (Wildman–Crippen MR) is 128 cm³/mol. The van der Waals surface area contributed by atoms with Crippen LogP contribution >= 0.6 is 34.8 Å². The van der Waals surface area contributed by atoms with Crippen LogP contribution in [0.3, 0.4) is 0 Å². The van der Waals surface area contributed by atoms with Gasteiger partial charge in [0.25, 0.3) is 5.91 Å². The summed E-state index contributed by atoms with van der Waals surface area (Å²) in [6.45, 7) is 1.89. The molecule has 3 aromatic carbocycles. The van der Waals surface area contributed by atoms with Crippen molar-refractivity contribution in [2.45, 2.75) is 13.5 Å². The molecule has 3 aromatic rings. The maximum absolute atomic E-state index is 12.6. The minimum absolute atomic E-state index is 0.0388. The molecule has 3 rings (SSSR count). The number of hydrogen-bond donors (Lipinski definition) is 1. The first-order valence-electron chi connectivity index (χ1n) is 9.14. The smallest absolute Gasteiger partial charge is 0.255 e. The lowest BCUT2D eigenvalue weighted by Crippen LogP contribution is -2.29. The van der Waals surface area contributed by atoms with Crippen molar-refractivity contribution in [2.24, 2.45) is 0 Å². The molecule has 0 radical (unpaired) electrons. The molecule has 0 aromatic heterocycles. The van der Waals surface area contributed by atoms with Crippen LogP contribution in [0.15, 0.2) is 60.7 Å². The monoisotopic (exact) mass is 496 g/mol. The first-order chi connectivity index (χ1) is 14.6. The Morgan fingerprint density at radius 1 is 1.00 bits per heavy atom. The summed E-state index contributed by atoms with van der Waals surface area (Å²) in [4.78, 5) is 12.6. The molecule has 31 heavy (non-hydrogen) atoms. The van der Waals surface area contributed by atoms with Crippen LogP contribution in [0.1, 0.15) is 21.5 Å². The predicted octanol–water partition coefficient (Wildman–Crippen LogP) is 6.17. The summed E-state index contributed by atoms with van der Waals surface area (Å²) in [5, 5.41) is 3.85. The van der Waals surface area contributed by atoms with Crippen molar-refractivity contribution in [1.29, 1.82) is 0 Å². The standard InChI is InChI=1S/C22H19Cl3N2O3S/c1-14-12-17(23)10-11-19(14)26-22(28)16-8-6-15(7-9-16)13-27(31(2,29)30)20-5-3-4-18(24)21(20)25/h3-12H,13H2,1-2H3,(H,26,28). The molecule has 0 fully saturated rings. The average Bonchev–Trinajstić information content (AvgIpc) is 2.70. The minimum atomic E-state index is -3.63. The zero-order chi connectivity index (χ0) is 22.8. The highest BCUT2D eigenvalue weighted by Gasteiger charge is 2.21. The second kappa shape index (κ2) is 9.49. The summed E-state index contributed by atoms with van der Waals surface area (Å²) < 4.78 is 25.9. The van der Waals surface area contributed by atoms with Gasteiger partial charge >= 0.3 is 0 Å². The molecule has 9 heteroatoms. The number of aryl methyl sites for hydroxylation is 1. The summed E-state index contributed by atoms with van der Waals surface area (Å²) in [5.41, 5.74) is 2.92. The number of amides is 1. The maximum Gasteiger partial charge on any atom is 0.255 e. The molecule has 0 spiro atoms. The molecule has 0 aliphatic heterocycles. The molecule has 0 saturated carbocycles. The maximum atomic E-state index is 12.6. The second-order valence-electron chi connectivity index (χ2n) is 6.95. The molecule has 0 aliphatic carbocycles. The van der Waals surface area contributed by atoms with Gasteiger partial charge in [0.1, 0.15) is 0 Å². The lowest BCUT2D eigenvalue weighted by molar-refractivity contribution is 0.102. The van der Waals surface area contributed by atoms with Crippen LogP contribution in [0.2, 0.25) is 15.1 Å². The summed E-state index contributed by atoms with van der Waals surface area (Å²) in [6, 6.07) is 16.7. The van der Waals surface area contributed by atoms with Gasteiger partial charge in [0.15, 0.2) is 0 Å². The van der Waals surface area contributed by atoms with Gasteiger partial charge in [0, 0.05) is 16.3 Å². The van der Waals surface area contributed by atoms with Gasteiger partial charge in [-0.2, -0.15) is 0 Å². The van der Waals surface area contributed by atoms with E-state index < -0.39 is 10.0 Å². The number of halogens is 3. The quantitative estimate of drug-likeness (QED) is 0.442. The van der Waals surface area contributed by atoms with Gasteiger partial charge in [-0.3, -0.25) is 9.10 Å². The Labute approximate surface area is 196 Å². The Hall–Kier alpha value is -2.25. The largest absolute Gasteiger partial charge is 0.322 e. The van der Waals surface area contributed by atoms with Gasteiger partial charge in [-0.15, -0.1) is 0 Å². The molecule has 0 saturated heterocycles. The Kier molecular flexibility index (Phi) is 7.17. The fourth-order valence-corrected chi connectivity index (χ4v) is 4.52. The fraction of sp³-hybridized carbons (Fsp3) is 0.136. The van der Waals surface area contributed by atoms with Gasteiger partial charge in [0.2, 0.25) is 10.0 Å². The third-order valence-corrected chi connectivity index (χ3v) is 6.75. The van der Waals surface area contributed by atoms with Gasteiger partial charge in [-0.05, 0) is 60.5 Å². The minimum Gasteiger partial charge on any atom is -0.322 e. The molecule has 1 N–H and O–H groups in total. The van der Waals surface area contributed by atoms with Crippen molar-refractivity contribution < 1.29 is 13.2 Å². The lowest BCUT2D eigenvalue weighted by atomic mass is 10.1. The number of carbonyl (C=O) groups is 1. The first-order valence-corrected chi connectivity index (χ1v) is 12.1. The van der Waals surface area contributed by atoms with Crippen molar-refractivity contribution in [2.75, 3.05) is 15.9 Å². The van der Waals surface area contributed by atoms with Gasteiger partial charge in [-0.1, -0.05) is 53.0 Å². The Bertz CT molecular complexity index is 1230. The number of nitrogens with one attached hydrogen (secondary N) is 1. The molecular weight excluding hydrogens is 479 g/mol. The van der Waals surface area contributed by atoms with E-state index >= 15 is 0 Å². The molecule has 1 amide bonds. The topological polar surface area (TPSA) is 66.5 Å². The van der Waals surface area contributed by atoms with E-state index in [1.54, 1.807) is 60.7 Å². The average molecular weight is 498 g/mol. The highest BCUT2D eigenvalue weighted by Crippen LogP contribution is 2.34.